The fourth-order valence-corrected chi connectivity index (χ4v) is 2.24. The van der Waals surface area contributed by atoms with Crippen molar-refractivity contribution < 1.29 is 9.59 Å². The fraction of sp³-hybridized carbons (Fsp3) is 0.500. The Bertz CT molecular complexity index is 515. The second-order valence-electron chi connectivity index (χ2n) is 4.98. The molecule has 7 heteroatoms. The molecule has 1 aromatic heterocycles. The van der Waals surface area contributed by atoms with E-state index < -0.39 is 5.54 Å². The van der Waals surface area contributed by atoms with Crippen molar-refractivity contribution >= 4 is 23.4 Å². The lowest BCUT2D eigenvalue weighted by molar-refractivity contribution is -0.144. The zero-order chi connectivity index (χ0) is 14.2. The average Bonchev–Trinajstić information content (AvgIpc) is 2.36. The van der Waals surface area contributed by atoms with Crippen LogP contribution < -0.4 is 0 Å². The molecule has 0 bridgehead atoms. The molecule has 0 radical (unpaired) electrons. The molecule has 0 unspecified atom stereocenters. The Balaban J connectivity index is 2.28. The molecule has 0 N–H and O–H groups in total. The lowest BCUT2D eigenvalue weighted by atomic mass is 9.97. The molecule has 19 heavy (non-hydrogen) atoms. The van der Waals surface area contributed by atoms with Crippen molar-refractivity contribution in [2.24, 2.45) is 0 Å². The summed E-state index contributed by atoms with van der Waals surface area (Å²) in [5, 5.41) is 7.64. The monoisotopic (exact) mass is 282 g/mol. The van der Waals surface area contributed by atoms with Gasteiger partial charge in [0.1, 0.15) is 5.54 Å². The third-order valence-electron chi connectivity index (χ3n) is 3.30. The Kier molecular flexibility index (Phi) is 3.45. The van der Waals surface area contributed by atoms with Gasteiger partial charge in [-0.15, -0.1) is 10.2 Å². The molecule has 2 rings (SSSR count). The van der Waals surface area contributed by atoms with Gasteiger partial charge in [0.2, 0.25) is 5.91 Å². The Morgan fingerprint density at radius 2 is 2.00 bits per heavy atom. The highest BCUT2D eigenvalue weighted by atomic mass is 35.5. The lowest BCUT2D eigenvalue weighted by Gasteiger charge is -2.44. The molecule has 0 saturated carbocycles. The van der Waals surface area contributed by atoms with E-state index in [0.717, 1.165) is 0 Å². The minimum Gasteiger partial charge on any atom is -0.342 e. The van der Waals surface area contributed by atoms with E-state index >= 15 is 0 Å². The van der Waals surface area contributed by atoms with E-state index in [1.165, 1.54) is 17.0 Å². The van der Waals surface area contributed by atoms with Crippen LogP contribution in [0.2, 0.25) is 5.15 Å². The van der Waals surface area contributed by atoms with Crippen molar-refractivity contribution in [3.8, 4) is 0 Å². The van der Waals surface area contributed by atoms with Gasteiger partial charge in [-0.05, 0) is 26.0 Å². The summed E-state index contributed by atoms with van der Waals surface area (Å²) in [7, 11) is 1.73. The van der Waals surface area contributed by atoms with Crippen molar-refractivity contribution in [2.75, 3.05) is 20.1 Å². The molecule has 1 aromatic rings. The molecule has 2 amide bonds. The van der Waals surface area contributed by atoms with Crippen molar-refractivity contribution in [3.63, 3.8) is 0 Å². The van der Waals surface area contributed by atoms with Gasteiger partial charge in [0.15, 0.2) is 10.8 Å². The van der Waals surface area contributed by atoms with Crippen LogP contribution in [0.4, 0.5) is 0 Å². The van der Waals surface area contributed by atoms with Gasteiger partial charge in [-0.1, -0.05) is 11.6 Å². The summed E-state index contributed by atoms with van der Waals surface area (Å²) in [6.45, 7) is 4.44. The summed E-state index contributed by atoms with van der Waals surface area (Å²) in [6, 6.07) is 3.02. The first-order valence-electron chi connectivity index (χ1n) is 5.91. The molecule has 0 aliphatic carbocycles. The predicted molar refractivity (Wildman–Crippen MR) is 69.8 cm³/mol. The van der Waals surface area contributed by atoms with Gasteiger partial charge in [-0.2, -0.15) is 0 Å². The number of piperazine rings is 1. The van der Waals surface area contributed by atoms with Crippen molar-refractivity contribution in [3.05, 3.63) is 23.0 Å². The molecule has 1 aliphatic heterocycles. The first-order chi connectivity index (χ1) is 8.84. The van der Waals surface area contributed by atoms with E-state index in [1.54, 1.807) is 25.8 Å². The normalized spacial score (nSPS) is 18.6. The van der Waals surface area contributed by atoms with Crippen LogP contribution in [0.5, 0.6) is 0 Å². The number of carbonyl (C=O) groups excluding carboxylic acids is 2. The summed E-state index contributed by atoms with van der Waals surface area (Å²) in [5.41, 5.74) is -0.694. The van der Waals surface area contributed by atoms with E-state index in [9.17, 15) is 9.59 Å². The second-order valence-corrected chi connectivity index (χ2v) is 5.37. The number of nitrogens with zero attached hydrogens (tertiary/aromatic N) is 4. The number of likely N-dealkylation sites (N-methyl/N-ethyl adjacent to an activating group) is 1. The molecule has 0 spiro atoms. The number of carbonyl (C=O) groups is 2. The van der Waals surface area contributed by atoms with Gasteiger partial charge in [0.05, 0.1) is 0 Å². The van der Waals surface area contributed by atoms with E-state index in [2.05, 4.69) is 10.2 Å². The van der Waals surface area contributed by atoms with Crippen molar-refractivity contribution in [1.29, 1.82) is 0 Å². The van der Waals surface area contributed by atoms with Crippen LogP contribution in [0.3, 0.4) is 0 Å². The summed E-state index contributed by atoms with van der Waals surface area (Å²) in [4.78, 5) is 27.7. The van der Waals surface area contributed by atoms with Crippen LogP contribution in [0, 0.1) is 0 Å². The highest BCUT2D eigenvalue weighted by molar-refractivity contribution is 6.29. The summed E-state index contributed by atoms with van der Waals surface area (Å²) in [5.74, 6) is -0.398. The Hall–Kier alpha value is -1.69. The molecular formula is C12H15ClN4O2. The average molecular weight is 283 g/mol. The van der Waals surface area contributed by atoms with Crippen LogP contribution in [0.25, 0.3) is 0 Å². The maximum Gasteiger partial charge on any atom is 0.275 e. The smallest absolute Gasteiger partial charge is 0.275 e. The van der Waals surface area contributed by atoms with Gasteiger partial charge in [-0.3, -0.25) is 9.59 Å². The Morgan fingerprint density at radius 3 is 2.58 bits per heavy atom. The van der Waals surface area contributed by atoms with E-state index in [-0.39, 0.29) is 22.7 Å². The molecule has 102 valence electrons. The van der Waals surface area contributed by atoms with E-state index in [0.29, 0.717) is 13.1 Å². The second kappa shape index (κ2) is 4.77. The third-order valence-corrected chi connectivity index (χ3v) is 3.50. The van der Waals surface area contributed by atoms with Gasteiger partial charge >= 0.3 is 0 Å². The molecule has 6 nitrogen and oxygen atoms in total. The highest BCUT2D eigenvalue weighted by Gasteiger charge is 2.43. The number of amides is 2. The highest BCUT2D eigenvalue weighted by Crippen LogP contribution is 2.23. The topological polar surface area (TPSA) is 66.4 Å². The quantitative estimate of drug-likeness (QED) is 0.765. The number of halogens is 1. The Morgan fingerprint density at radius 1 is 1.32 bits per heavy atom. The number of hydrogen-bond acceptors (Lipinski definition) is 4. The zero-order valence-corrected chi connectivity index (χ0v) is 11.8. The molecule has 1 fully saturated rings. The van der Waals surface area contributed by atoms with Gasteiger partial charge < -0.3 is 9.80 Å². The van der Waals surface area contributed by atoms with Crippen LogP contribution in [-0.2, 0) is 4.79 Å². The SMILES string of the molecule is CN1CCN(C(=O)c2ccc(Cl)nn2)C(C)(C)C1=O. The van der Waals surface area contributed by atoms with Crippen molar-refractivity contribution in [1.82, 2.24) is 20.0 Å². The Labute approximate surface area is 116 Å². The zero-order valence-electron chi connectivity index (χ0n) is 11.1. The lowest BCUT2D eigenvalue weighted by Crippen LogP contribution is -2.63. The van der Waals surface area contributed by atoms with Crippen LogP contribution in [0.15, 0.2) is 12.1 Å². The van der Waals surface area contributed by atoms with Gasteiger partial charge in [-0.25, -0.2) is 0 Å². The van der Waals surface area contributed by atoms with Crippen molar-refractivity contribution in [2.45, 2.75) is 19.4 Å². The third kappa shape index (κ3) is 2.40. The van der Waals surface area contributed by atoms with Gasteiger partial charge in [0, 0.05) is 20.1 Å². The first kappa shape index (κ1) is 13.7. The first-order valence-corrected chi connectivity index (χ1v) is 6.28. The molecule has 2 heterocycles. The minimum atomic E-state index is -0.884. The molecule has 0 atom stereocenters. The summed E-state index contributed by atoms with van der Waals surface area (Å²) < 4.78 is 0. The molecule has 1 saturated heterocycles. The molecule has 0 aromatic carbocycles. The fourth-order valence-electron chi connectivity index (χ4n) is 2.14. The van der Waals surface area contributed by atoms with Crippen LogP contribution in [-0.4, -0.2) is 57.5 Å². The van der Waals surface area contributed by atoms with Crippen LogP contribution in [0.1, 0.15) is 24.3 Å². The number of aromatic nitrogens is 2. The molecule has 1 aliphatic rings. The van der Waals surface area contributed by atoms with Gasteiger partial charge in [0.25, 0.3) is 5.91 Å². The van der Waals surface area contributed by atoms with E-state index in [4.69, 9.17) is 11.6 Å². The summed E-state index contributed by atoms with van der Waals surface area (Å²) >= 11 is 5.64. The maximum absolute atomic E-state index is 12.4. The maximum atomic E-state index is 12.4. The standard InChI is InChI=1S/C12H15ClN4O2/c1-12(2)11(19)16(3)6-7-17(12)10(18)8-4-5-9(13)15-14-8/h4-5H,6-7H2,1-3H3. The largest absolute Gasteiger partial charge is 0.342 e. The predicted octanol–water partition coefficient (Wildman–Crippen LogP) is 0.823. The summed E-state index contributed by atoms with van der Waals surface area (Å²) in [6.07, 6.45) is 0. The van der Waals surface area contributed by atoms with Crippen LogP contribution >= 0.6 is 11.6 Å². The molecular weight excluding hydrogens is 268 g/mol. The minimum absolute atomic E-state index is 0.0889. The van der Waals surface area contributed by atoms with E-state index in [1.807, 2.05) is 0 Å². The number of hydrogen-bond donors (Lipinski definition) is 0. The number of rotatable bonds is 1.